The predicted molar refractivity (Wildman–Crippen MR) is 82.7 cm³/mol. The Bertz CT molecular complexity index is 588. The molecule has 5 heteroatoms. The fourth-order valence-electron chi connectivity index (χ4n) is 2.10. The van der Waals surface area contributed by atoms with Crippen LogP contribution in [0, 0.1) is 11.6 Å². The average Bonchev–Trinajstić information content (AvgIpc) is 2.86. The van der Waals surface area contributed by atoms with Gasteiger partial charge in [0.05, 0.1) is 11.7 Å². The molecule has 2 aromatic rings. The van der Waals surface area contributed by atoms with Gasteiger partial charge in [-0.15, -0.1) is 11.3 Å². The zero-order chi connectivity index (χ0) is 15.6. The first-order chi connectivity index (χ1) is 9.90. The molecule has 1 aromatic carbocycles. The number of aromatic nitrogens is 1. The molecule has 2 nitrogen and oxygen atoms in total. The van der Waals surface area contributed by atoms with Gasteiger partial charge < -0.3 is 5.32 Å². The van der Waals surface area contributed by atoms with Gasteiger partial charge in [-0.2, -0.15) is 0 Å². The van der Waals surface area contributed by atoms with Gasteiger partial charge in [0.1, 0.15) is 16.6 Å². The van der Waals surface area contributed by atoms with Gasteiger partial charge in [-0.05, 0) is 31.9 Å². The van der Waals surface area contributed by atoms with E-state index in [1.165, 1.54) is 29.5 Å². The average molecular weight is 310 g/mol. The van der Waals surface area contributed by atoms with Crippen LogP contribution in [0.1, 0.15) is 55.9 Å². The van der Waals surface area contributed by atoms with Gasteiger partial charge >= 0.3 is 0 Å². The van der Waals surface area contributed by atoms with Crippen molar-refractivity contribution in [3.63, 3.8) is 0 Å². The minimum Gasteiger partial charge on any atom is -0.302 e. The van der Waals surface area contributed by atoms with Crippen LogP contribution in [0.4, 0.5) is 8.78 Å². The highest BCUT2D eigenvalue weighted by molar-refractivity contribution is 7.09. The maximum atomic E-state index is 14.1. The normalized spacial score (nSPS) is 13.1. The fourth-order valence-corrected chi connectivity index (χ4v) is 3.14. The number of nitrogens with zero attached hydrogens (tertiary/aromatic N) is 1. The van der Waals surface area contributed by atoms with Gasteiger partial charge in [0.25, 0.3) is 0 Å². The lowest BCUT2D eigenvalue weighted by molar-refractivity contribution is 0.472. The molecule has 0 saturated carbocycles. The topological polar surface area (TPSA) is 24.9 Å². The Morgan fingerprint density at radius 2 is 1.71 bits per heavy atom. The van der Waals surface area contributed by atoms with Gasteiger partial charge in [0.15, 0.2) is 0 Å². The molecule has 2 rings (SSSR count). The molecule has 0 saturated heterocycles. The summed E-state index contributed by atoms with van der Waals surface area (Å²) in [5, 5.41) is 5.86. The molecule has 0 aliphatic carbocycles. The molecule has 0 bridgehead atoms. The van der Waals surface area contributed by atoms with Gasteiger partial charge in [-0.25, -0.2) is 13.8 Å². The first-order valence-corrected chi connectivity index (χ1v) is 7.93. The third-order valence-electron chi connectivity index (χ3n) is 3.17. The molecule has 0 fully saturated rings. The quantitative estimate of drug-likeness (QED) is 0.871. The van der Waals surface area contributed by atoms with E-state index in [1.807, 2.05) is 33.1 Å². The van der Waals surface area contributed by atoms with Crippen molar-refractivity contribution in [2.45, 2.75) is 45.7 Å². The zero-order valence-electron chi connectivity index (χ0n) is 12.7. The largest absolute Gasteiger partial charge is 0.302 e. The Labute approximate surface area is 128 Å². The first kappa shape index (κ1) is 16.0. The van der Waals surface area contributed by atoms with E-state index < -0.39 is 17.7 Å². The van der Waals surface area contributed by atoms with Crippen LogP contribution in [0.15, 0.2) is 23.6 Å². The van der Waals surface area contributed by atoms with Crippen LogP contribution >= 0.6 is 11.3 Å². The fraction of sp³-hybridized carbons (Fsp3) is 0.438. The number of hydrogen-bond donors (Lipinski definition) is 1. The highest BCUT2D eigenvalue weighted by atomic mass is 32.1. The van der Waals surface area contributed by atoms with Gasteiger partial charge in [0, 0.05) is 17.0 Å². The van der Waals surface area contributed by atoms with Crippen LogP contribution in [-0.2, 0) is 0 Å². The van der Waals surface area contributed by atoms with Crippen molar-refractivity contribution in [2.75, 3.05) is 0 Å². The SMILES string of the molecule is CC(C)NC(c1nc(C(C)C)cs1)c1c(F)cccc1F. The molecule has 114 valence electrons. The van der Waals surface area contributed by atoms with Gasteiger partial charge in [-0.1, -0.05) is 19.9 Å². The number of nitrogens with one attached hydrogen (secondary N) is 1. The van der Waals surface area contributed by atoms with Crippen molar-refractivity contribution >= 4 is 11.3 Å². The highest BCUT2D eigenvalue weighted by Gasteiger charge is 2.25. The Morgan fingerprint density at radius 1 is 1.10 bits per heavy atom. The molecule has 0 amide bonds. The summed E-state index contributed by atoms with van der Waals surface area (Å²) in [4.78, 5) is 4.54. The van der Waals surface area contributed by atoms with E-state index >= 15 is 0 Å². The van der Waals surface area contributed by atoms with Gasteiger partial charge in [-0.3, -0.25) is 0 Å². The summed E-state index contributed by atoms with van der Waals surface area (Å²) in [7, 11) is 0. The van der Waals surface area contributed by atoms with Crippen LogP contribution in [0.3, 0.4) is 0 Å². The standard InChI is InChI=1S/C16H20F2N2S/c1-9(2)13-8-21-16(20-13)15(19-10(3)4)14-11(17)6-5-7-12(14)18/h5-10,15,19H,1-4H3. The number of thiazole rings is 1. The summed E-state index contributed by atoms with van der Waals surface area (Å²) in [6, 6.07) is 3.46. The maximum absolute atomic E-state index is 14.1. The minimum absolute atomic E-state index is 0.0378. The number of benzene rings is 1. The summed E-state index contributed by atoms with van der Waals surface area (Å²) in [5.74, 6) is -0.802. The first-order valence-electron chi connectivity index (χ1n) is 7.05. The highest BCUT2D eigenvalue weighted by Crippen LogP contribution is 2.31. The summed E-state index contributed by atoms with van der Waals surface area (Å²) in [6.07, 6.45) is 0. The van der Waals surface area contributed by atoms with Crippen LogP contribution in [0.5, 0.6) is 0 Å². The predicted octanol–water partition coefficient (Wildman–Crippen LogP) is 4.63. The molecule has 1 heterocycles. The van der Waals surface area contributed by atoms with E-state index in [0.29, 0.717) is 10.9 Å². The van der Waals surface area contributed by atoms with E-state index in [4.69, 9.17) is 0 Å². The van der Waals surface area contributed by atoms with Crippen molar-refractivity contribution in [1.82, 2.24) is 10.3 Å². The molecule has 1 N–H and O–H groups in total. The number of halogens is 2. The Morgan fingerprint density at radius 3 is 2.19 bits per heavy atom. The van der Waals surface area contributed by atoms with E-state index in [9.17, 15) is 8.78 Å². The summed E-state index contributed by atoms with van der Waals surface area (Å²) < 4.78 is 28.2. The molecule has 0 spiro atoms. The van der Waals surface area contributed by atoms with Crippen molar-refractivity contribution in [3.8, 4) is 0 Å². The van der Waals surface area contributed by atoms with Crippen molar-refractivity contribution < 1.29 is 8.78 Å². The molecule has 0 aliphatic rings. The second-order valence-corrected chi connectivity index (χ2v) is 6.54. The summed E-state index contributed by atoms with van der Waals surface area (Å²) in [5.41, 5.74) is 0.984. The molecular weight excluding hydrogens is 290 g/mol. The van der Waals surface area contributed by atoms with Crippen molar-refractivity contribution in [1.29, 1.82) is 0 Å². The van der Waals surface area contributed by atoms with E-state index in [0.717, 1.165) is 5.69 Å². The molecule has 1 aromatic heterocycles. The smallest absolute Gasteiger partial charge is 0.131 e. The van der Waals surface area contributed by atoms with Crippen molar-refractivity contribution in [2.24, 2.45) is 0 Å². The Hall–Kier alpha value is -1.33. The van der Waals surface area contributed by atoms with Crippen LogP contribution < -0.4 is 5.32 Å². The minimum atomic E-state index is -0.566. The molecule has 0 radical (unpaired) electrons. The molecule has 1 atom stereocenters. The summed E-state index contributed by atoms with van der Waals surface area (Å²) in [6.45, 7) is 7.99. The number of hydrogen-bond acceptors (Lipinski definition) is 3. The molecule has 1 unspecified atom stereocenters. The second kappa shape index (κ2) is 6.62. The molecule has 0 aliphatic heterocycles. The number of rotatable bonds is 5. The lowest BCUT2D eigenvalue weighted by Crippen LogP contribution is -2.30. The molecular formula is C16H20F2N2S. The van der Waals surface area contributed by atoms with Crippen LogP contribution in [0.2, 0.25) is 0 Å². The van der Waals surface area contributed by atoms with Crippen LogP contribution in [0.25, 0.3) is 0 Å². The Kier molecular flexibility index (Phi) is 5.06. The lowest BCUT2D eigenvalue weighted by Gasteiger charge is -2.20. The second-order valence-electron chi connectivity index (χ2n) is 5.66. The van der Waals surface area contributed by atoms with Crippen molar-refractivity contribution in [3.05, 3.63) is 51.5 Å². The van der Waals surface area contributed by atoms with Crippen LogP contribution in [-0.4, -0.2) is 11.0 Å². The van der Waals surface area contributed by atoms with E-state index in [2.05, 4.69) is 10.3 Å². The van der Waals surface area contributed by atoms with Gasteiger partial charge in [0.2, 0.25) is 0 Å². The molecule has 21 heavy (non-hydrogen) atoms. The zero-order valence-corrected chi connectivity index (χ0v) is 13.5. The monoisotopic (exact) mass is 310 g/mol. The Balaban J connectivity index is 2.47. The van der Waals surface area contributed by atoms with E-state index in [1.54, 1.807) is 0 Å². The lowest BCUT2D eigenvalue weighted by atomic mass is 10.0. The third-order valence-corrected chi connectivity index (χ3v) is 4.09. The maximum Gasteiger partial charge on any atom is 0.131 e. The third kappa shape index (κ3) is 3.66. The summed E-state index contributed by atoms with van der Waals surface area (Å²) >= 11 is 1.43. The van der Waals surface area contributed by atoms with E-state index in [-0.39, 0.29) is 11.6 Å².